The van der Waals surface area contributed by atoms with Gasteiger partial charge < -0.3 is 15.4 Å². The topological polar surface area (TPSA) is 50.4 Å². The third-order valence-corrected chi connectivity index (χ3v) is 6.88. The molecule has 0 atom stereocenters. The minimum atomic E-state index is -0.104. The van der Waals surface area contributed by atoms with Crippen molar-refractivity contribution in [2.75, 3.05) is 11.9 Å². The van der Waals surface area contributed by atoms with Gasteiger partial charge in [-0.2, -0.15) is 0 Å². The summed E-state index contributed by atoms with van der Waals surface area (Å²) >= 11 is 0. The number of urea groups is 1. The van der Waals surface area contributed by atoms with E-state index >= 15 is 0 Å². The second-order valence-corrected chi connectivity index (χ2v) is 9.16. The van der Waals surface area contributed by atoms with Crippen LogP contribution in [0.3, 0.4) is 0 Å². The Morgan fingerprint density at radius 1 is 0.857 bits per heavy atom. The fraction of sp³-hybridized carbons (Fsp3) is 0.458. The average molecular weight is 377 g/mol. The molecule has 0 heterocycles. The van der Waals surface area contributed by atoms with E-state index in [9.17, 15) is 4.79 Å². The average Bonchev–Trinajstić information content (AvgIpc) is 2.68. The van der Waals surface area contributed by atoms with Crippen LogP contribution in [0.4, 0.5) is 10.5 Å². The molecular formula is C24H28N2O2. The number of benzene rings is 2. The van der Waals surface area contributed by atoms with Gasteiger partial charge in [0, 0.05) is 12.2 Å². The molecule has 6 rings (SSSR count). The molecule has 2 N–H and O–H groups in total. The standard InChI is InChI=1S/C24H28N2O2/c27-23(25-16-24-13-17-10-18(14-24)12-19(11-17)15-24)26-20-6-8-22(9-7-20)28-21-4-2-1-3-5-21/h1-9,17-19H,10-16H2,(H2,25,26,27). The lowest BCUT2D eigenvalue weighted by Gasteiger charge is -2.56. The first-order valence-electron chi connectivity index (χ1n) is 10.5. The predicted octanol–water partition coefficient (Wildman–Crippen LogP) is 5.82. The highest BCUT2D eigenvalue weighted by Gasteiger charge is 2.50. The number of para-hydroxylation sites is 1. The molecule has 146 valence electrons. The summed E-state index contributed by atoms with van der Waals surface area (Å²) in [6, 6.07) is 17.1. The Bertz CT molecular complexity index is 796. The minimum Gasteiger partial charge on any atom is -0.457 e. The van der Waals surface area contributed by atoms with Crippen molar-refractivity contribution in [2.45, 2.75) is 38.5 Å². The van der Waals surface area contributed by atoms with Gasteiger partial charge in [-0.1, -0.05) is 18.2 Å². The maximum Gasteiger partial charge on any atom is 0.319 e. The van der Waals surface area contributed by atoms with Crippen molar-refractivity contribution >= 4 is 11.7 Å². The van der Waals surface area contributed by atoms with Crippen molar-refractivity contribution in [1.82, 2.24) is 5.32 Å². The van der Waals surface area contributed by atoms with Gasteiger partial charge in [-0.25, -0.2) is 4.79 Å². The van der Waals surface area contributed by atoms with Crippen LogP contribution in [0.5, 0.6) is 11.5 Å². The van der Waals surface area contributed by atoms with Crippen LogP contribution < -0.4 is 15.4 Å². The third kappa shape index (κ3) is 3.73. The first-order chi connectivity index (χ1) is 13.7. The summed E-state index contributed by atoms with van der Waals surface area (Å²) in [5.41, 5.74) is 1.14. The highest BCUT2D eigenvalue weighted by Crippen LogP contribution is 2.59. The first-order valence-corrected chi connectivity index (χ1v) is 10.5. The Labute approximate surface area is 166 Å². The number of nitrogens with one attached hydrogen (secondary N) is 2. The quantitative estimate of drug-likeness (QED) is 0.691. The van der Waals surface area contributed by atoms with Crippen LogP contribution in [0.1, 0.15) is 38.5 Å². The van der Waals surface area contributed by atoms with Gasteiger partial charge >= 0.3 is 6.03 Å². The van der Waals surface area contributed by atoms with Gasteiger partial charge in [-0.15, -0.1) is 0 Å². The van der Waals surface area contributed by atoms with E-state index in [4.69, 9.17) is 4.74 Å². The zero-order valence-corrected chi connectivity index (χ0v) is 16.2. The van der Waals surface area contributed by atoms with Crippen LogP contribution in [0.15, 0.2) is 54.6 Å². The number of hydrogen-bond donors (Lipinski definition) is 2. The maximum absolute atomic E-state index is 12.4. The molecular weight excluding hydrogens is 348 g/mol. The van der Waals surface area contributed by atoms with Crippen LogP contribution in [0, 0.1) is 23.2 Å². The van der Waals surface area contributed by atoms with Crippen molar-refractivity contribution in [3.8, 4) is 11.5 Å². The number of carbonyl (C=O) groups excluding carboxylic acids is 1. The van der Waals surface area contributed by atoms with Gasteiger partial charge in [0.25, 0.3) is 0 Å². The fourth-order valence-corrected chi connectivity index (χ4v) is 6.18. The van der Waals surface area contributed by atoms with E-state index in [-0.39, 0.29) is 6.03 Å². The Morgan fingerprint density at radius 2 is 1.43 bits per heavy atom. The van der Waals surface area contributed by atoms with Crippen molar-refractivity contribution in [3.63, 3.8) is 0 Å². The van der Waals surface area contributed by atoms with Crippen LogP contribution in [0.2, 0.25) is 0 Å². The van der Waals surface area contributed by atoms with Crippen LogP contribution in [-0.2, 0) is 0 Å². The summed E-state index contributed by atoms with van der Waals surface area (Å²) in [5.74, 6) is 4.29. The predicted molar refractivity (Wildman–Crippen MR) is 111 cm³/mol. The molecule has 0 unspecified atom stereocenters. The van der Waals surface area contributed by atoms with Gasteiger partial charge in [-0.05, 0) is 98.1 Å². The van der Waals surface area contributed by atoms with Crippen LogP contribution in [0.25, 0.3) is 0 Å². The van der Waals surface area contributed by atoms with Gasteiger partial charge in [0.05, 0.1) is 0 Å². The second-order valence-electron chi connectivity index (χ2n) is 9.16. The summed E-state index contributed by atoms with van der Waals surface area (Å²) in [6.07, 6.45) is 8.23. The second kappa shape index (κ2) is 7.16. The molecule has 4 fully saturated rings. The summed E-state index contributed by atoms with van der Waals surface area (Å²) in [4.78, 5) is 12.4. The molecule has 0 aromatic heterocycles. The lowest BCUT2D eigenvalue weighted by molar-refractivity contribution is -0.0496. The van der Waals surface area contributed by atoms with E-state index in [0.29, 0.717) is 5.41 Å². The smallest absolute Gasteiger partial charge is 0.319 e. The van der Waals surface area contributed by atoms with Gasteiger partial charge in [-0.3, -0.25) is 0 Å². The molecule has 2 aromatic rings. The minimum absolute atomic E-state index is 0.104. The Morgan fingerprint density at radius 3 is 2.04 bits per heavy atom. The van der Waals surface area contributed by atoms with Gasteiger partial charge in [0.1, 0.15) is 11.5 Å². The Kier molecular flexibility index (Phi) is 4.50. The zero-order chi connectivity index (χ0) is 19.0. The van der Waals surface area contributed by atoms with E-state index in [1.54, 1.807) is 0 Å². The Balaban J connectivity index is 1.14. The molecule has 0 radical (unpaired) electrons. The number of amides is 2. The van der Waals surface area contributed by atoms with Gasteiger partial charge in [0.2, 0.25) is 0 Å². The number of rotatable bonds is 5. The largest absolute Gasteiger partial charge is 0.457 e. The van der Waals surface area contributed by atoms with Gasteiger partial charge in [0.15, 0.2) is 0 Å². The molecule has 28 heavy (non-hydrogen) atoms. The molecule has 0 spiro atoms. The molecule has 4 bridgehead atoms. The number of anilines is 1. The number of hydrogen-bond acceptors (Lipinski definition) is 2. The normalized spacial score (nSPS) is 30.1. The molecule has 2 amide bonds. The van der Waals surface area contributed by atoms with E-state index in [1.807, 2.05) is 54.6 Å². The first kappa shape index (κ1) is 17.6. The zero-order valence-electron chi connectivity index (χ0n) is 16.2. The highest BCUT2D eigenvalue weighted by molar-refractivity contribution is 5.89. The van der Waals surface area contributed by atoms with Crippen LogP contribution in [-0.4, -0.2) is 12.6 Å². The van der Waals surface area contributed by atoms with E-state index < -0.39 is 0 Å². The lowest BCUT2D eigenvalue weighted by atomic mass is 9.49. The van der Waals surface area contributed by atoms with Crippen molar-refractivity contribution < 1.29 is 9.53 Å². The number of carbonyl (C=O) groups is 1. The summed E-state index contributed by atoms with van der Waals surface area (Å²) < 4.78 is 5.80. The summed E-state index contributed by atoms with van der Waals surface area (Å²) in [6.45, 7) is 0.817. The summed E-state index contributed by atoms with van der Waals surface area (Å²) in [7, 11) is 0. The fourth-order valence-electron chi connectivity index (χ4n) is 6.18. The third-order valence-electron chi connectivity index (χ3n) is 6.88. The molecule has 0 aliphatic heterocycles. The monoisotopic (exact) mass is 376 g/mol. The van der Waals surface area contributed by atoms with Crippen molar-refractivity contribution in [3.05, 3.63) is 54.6 Å². The van der Waals surface area contributed by atoms with Crippen LogP contribution >= 0.6 is 0 Å². The molecule has 0 saturated heterocycles. The maximum atomic E-state index is 12.4. The SMILES string of the molecule is O=C(NCC12CC3CC(CC(C3)C1)C2)Nc1ccc(Oc2ccccc2)cc1. The van der Waals surface area contributed by atoms with Crippen molar-refractivity contribution in [1.29, 1.82) is 0 Å². The number of ether oxygens (including phenoxy) is 1. The molecule has 4 heteroatoms. The highest BCUT2D eigenvalue weighted by atomic mass is 16.5. The lowest BCUT2D eigenvalue weighted by Crippen LogP contribution is -2.51. The molecule has 4 aliphatic carbocycles. The van der Waals surface area contributed by atoms with E-state index in [0.717, 1.165) is 41.5 Å². The van der Waals surface area contributed by atoms with Crippen molar-refractivity contribution in [2.24, 2.45) is 23.2 Å². The van der Waals surface area contributed by atoms with E-state index in [1.165, 1.54) is 38.5 Å². The Hall–Kier alpha value is -2.49. The molecule has 4 aliphatic rings. The molecule has 4 saturated carbocycles. The van der Waals surface area contributed by atoms with E-state index in [2.05, 4.69) is 10.6 Å². The summed E-state index contributed by atoms with van der Waals surface area (Å²) in [5, 5.41) is 6.12. The molecule has 4 nitrogen and oxygen atoms in total. The molecule has 2 aromatic carbocycles.